The molecule has 16 heteroatoms. The number of methoxy groups -OCH3 is 1. The molecule has 6 amide bonds. The second-order valence-corrected chi connectivity index (χ2v) is 16.9. The quantitative estimate of drug-likeness (QED) is 0.0219. The molecule has 0 saturated carbocycles. The minimum Gasteiger partial charge on any atom is -0.467 e. The Kier molecular flexibility index (Phi) is 32.1. The number of unbranched alkanes of at least 4 members (excludes halogenated alkanes) is 11. The zero-order valence-corrected chi connectivity index (χ0v) is 40.5. The smallest absolute Gasteiger partial charge is 0.407 e. The van der Waals surface area contributed by atoms with Crippen molar-refractivity contribution in [3.8, 4) is 0 Å². The number of carbonyl (C=O) groups excluding carboxylic acids is 7. The van der Waals surface area contributed by atoms with Gasteiger partial charge in [-0.3, -0.25) is 19.2 Å². The highest BCUT2D eigenvalue weighted by atomic mass is 16.6. The molecule has 0 aliphatic carbocycles. The summed E-state index contributed by atoms with van der Waals surface area (Å²) in [6.07, 6.45) is 13.3. The van der Waals surface area contributed by atoms with E-state index < -0.39 is 42.2 Å². The number of hydrogen-bond acceptors (Lipinski definition) is 10. The monoisotopic (exact) mass is 937 g/mol. The molecule has 0 aliphatic heterocycles. The molecule has 0 heterocycles. The van der Waals surface area contributed by atoms with Crippen LogP contribution in [0.3, 0.4) is 0 Å². The Morgan fingerprint density at radius 2 is 0.851 bits per heavy atom. The number of ether oxygens (including phenoxy) is 3. The topological polar surface area (TPSA) is 219 Å². The molecule has 0 radical (unpaired) electrons. The zero-order valence-electron chi connectivity index (χ0n) is 40.5. The highest BCUT2D eigenvalue weighted by Gasteiger charge is 2.27. The number of rotatable bonds is 37. The molecule has 2 rings (SSSR count). The molecular weight excluding hydrogens is 857 g/mol. The van der Waals surface area contributed by atoms with Crippen molar-refractivity contribution in [1.82, 2.24) is 31.9 Å². The predicted molar refractivity (Wildman–Crippen MR) is 258 cm³/mol. The van der Waals surface area contributed by atoms with E-state index in [2.05, 4.69) is 45.7 Å². The first-order valence-electron chi connectivity index (χ1n) is 24.7. The molecule has 0 spiro atoms. The number of alkyl carbamates (subject to hydrolysis) is 2. The summed E-state index contributed by atoms with van der Waals surface area (Å²) in [5.41, 5.74) is 1.75. The summed E-state index contributed by atoms with van der Waals surface area (Å²) in [4.78, 5) is 90.1. The van der Waals surface area contributed by atoms with E-state index in [0.29, 0.717) is 70.9 Å². The molecule has 67 heavy (non-hydrogen) atoms. The van der Waals surface area contributed by atoms with Gasteiger partial charge in [-0.25, -0.2) is 14.4 Å². The lowest BCUT2D eigenvalue weighted by Crippen LogP contribution is -2.51. The Balaban J connectivity index is 1.90. The van der Waals surface area contributed by atoms with Gasteiger partial charge >= 0.3 is 18.2 Å². The van der Waals surface area contributed by atoms with Crippen LogP contribution >= 0.6 is 0 Å². The van der Waals surface area contributed by atoms with Gasteiger partial charge in [0, 0.05) is 32.5 Å². The maximum absolute atomic E-state index is 13.7. The Labute approximate surface area is 398 Å². The summed E-state index contributed by atoms with van der Waals surface area (Å²) in [5, 5.41) is 16.9. The largest absolute Gasteiger partial charge is 0.467 e. The van der Waals surface area contributed by atoms with Crippen molar-refractivity contribution in [2.45, 2.75) is 180 Å². The lowest BCUT2D eigenvalue weighted by atomic mass is 10.0. The van der Waals surface area contributed by atoms with Crippen LogP contribution in [0.5, 0.6) is 0 Å². The van der Waals surface area contributed by atoms with Crippen LogP contribution in [0.15, 0.2) is 60.7 Å². The lowest BCUT2D eigenvalue weighted by Gasteiger charge is -2.23. The number of carbonyl (C=O) groups is 7. The summed E-state index contributed by atoms with van der Waals surface area (Å²) in [7, 11) is 1.24. The number of amides is 6. The lowest BCUT2D eigenvalue weighted by molar-refractivity contribution is -0.145. The van der Waals surface area contributed by atoms with Crippen molar-refractivity contribution in [3.05, 3.63) is 71.8 Å². The first-order chi connectivity index (χ1) is 32.6. The third-order valence-corrected chi connectivity index (χ3v) is 11.1. The van der Waals surface area contributed by atoms with Crippen molar-refractivity contribution in [3.63, 3.8) is 0 Å². The van der Waals surface area contributed by atoms with Gasteiger partial charge in [-0.1, -0.05) is 126 Å². The van der Waals surface area contributed by atoms with Crippen LogP contribution in [0.25, 0.3) is 0 Å². The molecule has 6 N–H and O–H groups in total. The van der Waals surface area contributed by atoms with Crippen molar-refractivity contribution >= 4 is 41.8 Å². The van der Waals surface area contributed by atoms with Gasteiger partial charge < -0.3 is 46.1 Å². The molecular formula is C51H80N6O10. The van der Waals surface area contributed by atoms with Crippen molar-refractivity contribution in [1.29, 1.82) is 0 Å². The van der Waals surface area contributed by atoms with Gasteiger partial charge in [0.15, 0.2) is 0 Å². The van der Waals surface area contributed by atoms with E-state index in [1.165, 1.54) is 7.11 Å². The highest BCUT2D eigenvalue weighted by molar-refractivity contribution is 5.91. The van der Waals surface area contributed by atoms with Gasteiger partial charge in [-0.15, -0.1) is 0 Å². The minimum absolute atomic E-state index is 0.145. The molecule has 0 unspecified atom stereocenters. The minimum atomic E-state index is -0.990. The van der Waals surface area contributed by atoms with Gasteiger partial charge in [0.2, 0.25) is 23.6 Å². The van der Waals surface area contributed by atoms with Crippen LogP contribution < -0.4 is 31.9 Å². The standard InChI is InChI=1S/C51H80N6O10/c1-4-6-8-10-18-33-45(58)55-42(30-20-24-36-53-50(63)66-38-40-26-14-12-15-27-40)47(60)52-35-23-22-32-44(49(62)65-3)57-48(61)43(56-46(59)34-19-11-9-7-5-2)31-21-25-37-54-51(64)67-39-41-28-16-13-17-29-41/h12-17,26-29,42-44H,4-11,18-25,30-39H2,1-3H3,(H,52,60)(H,53,63)(H,54,64)(H,55,58)(H,56,59)(H,57,61)/t42-,43-,44-/m0/s1. The number of esters is 1. The van der Waals surface area contributed by atoms with Crippen molar-refractivity contribution < 1.29 is 47.8 Å². The van der Waals surface area contributed by atoms with Crippen LogP contribution in [-0.2, 0) is 51.4 Å². The first-order valence-corrected chi connectivity index (χ1v) is 24.7. The molecule has 3 atom stereocenters. The van der Waals surface area contributed by atoms with E-state index >= 15 is 0 Å². The van der Waals surface area contributed by atoms with E-state index in [9.17, 15) is 33.6 Å². The Morgan fingerprint density at radius 1 is 0.448 bits per heavy atom. The SMILES string of the molecule is CCCCCCCC(=O)N[C@@H](CCCCNC(=O)OCc1ccccc1)C(=O)NCCCC[C@H](NC(=O)[C@H](CCCCNC(=O)OCc1ccccc1)NC(=O)CCCCCCC)C(=O)OC. The summed E-state index contributed by atoms with van der Waals surface area (Å²) in [6, 6.07) is 16.0. The normalized spacial score (nSPS) is 12.1. The van der Waals surface area contributed by atoms with Gasteiger partial charge in [-0.2, -0.15) is 0 Å². The molecule has 16 nitrogen and oxygen atoms in total. The summed E-state index contributed by atoms with van der Waals surface area (Å²) >= 11 is 0. The van der Waals surface area contributed by atoms with Crippen LogP contribution in [-0.4, -0.2) is 86.7 Å². The molecule has 374 valence electrons. The second-order valence-electron chi connectivity index (χ2n) is 16.9. The van der Waals surface area contributed by atoms with Gasteiger partial charge in [0.05, 0.1) is 7.11 Å². The third-order valence-electron chi connectivity index (χ3n) is 11.1. The molecule has 2 aromatic rings. The predicted octanol–water partition coefficient (Wildman–Crippen LogP) is 7.81. The van der Waals surface area contributed by atoms with Gasteiger partial charge in [0.1, 0.15) is 31.3 Å². The number of benzene rings is 2. The maximum Gasteiger partial charge on any atom is 0.407 e. The summed E-state index contributed by atoms with van der Waals surface area (Å²) in [5.74, 6) is -1.90. The van der Waals surface area contributed by atoms with Crippen LogP contribution in [0.4, 0.5) is 9.59 Å². The number of nitrogens with one attached hydrogen (secondary N) is 6. The van der Waals surface area contributed by atoms with E-state index in [1.807, 2.05) is 60.7 Å². The van der Waals surface area contributed by atoms with Gasteiger partial charge in [0.25, 0.3) is 0 Å². The number of hydrogen-bond donors (Lipinski definition) is 6. The summed E-state index contributed by atoms with van der Waals surface area (Å²) < 4.78 is 15.6. The average molecular weight is 937 g/mol. The Bertz CT molecular complexity index is 1700. The molecule has 0 saturated heterocycles. The fourth-order valence-electron chi connectivity index (χ4n) is 7.20. The summed E-state index contributed by atoms with van der Waals surface area (Å²) in [6.45, 7) is 5.49. The van der Waals surface area contributed by atoms with Crippen molar-refractivity contribution in [2.75, 3.05) is 26.7 Å². The zero-order chi connectivity index (χ0) is 48.7. The molecule has 0 aliphatic rings. The van der Waals surface area contributed by atoms with Crippen molar-refractivity contribution in [2.24, 2.45) is 0 Å². The molecule has 0 bridgehead atoms. The van der Waals surface area contributed by atoms with Crippen LogP contribution in [0.1, 0.15) is 160 Å². The Hall–Kier alpha value is -5.67. The maximum atomic E-state index is 13.7. The fourth-order valence-corrected chi connectivity index (χ4v) is 7.20. The first kappa shape index (κ1) is 57.5. The van der Waals surface area contributed by atoms with E-state index in [4.69, 9.17) is 14.2 Å². The van der Waals surface area contributed by atoms with E-state index in [0.717, 1.165) is 68.9 Å². The van der Waals surface area contributed by atoms with Crippen LogP contribution in [0, 0.1) is 0 Å². The third kappa shape index (κ3) is 28.9. The highest BCUT2D eigenvalue weighted by Crippen LogP contribution is 2.11. The second kappa shape index (κ2) is 37.4. The molecule has 0 fully saturated rings. The molecule has 2 aromatic carbocycles. The molecule has 0 aromatic heterocycles. The van der Waals surface area contributed by atoms with Crippen LogP contribution in [0.2, 0.25) is 0 Å². The Morgan fingerprint density at radius 3 is 1.28 bits per heavy atom. The fraction of sp³-hybridized carbons (Fsp3) is 0.627. The average Bonchev–Trinajstić information content (AvgIpc) is 3.33. The van der Waals surface area contributed by atoms with Gasteiger partial charge in [-0.05, 0) is 81.8 Å². The van der Waals surface area contributed by atoms with E-state index in [-0.39, 0.29) is 56.7 Å². The van der Waals surface area contributed by atoms with E-state index in [1.54, 1.807) is 0 Å².